The van der Waals surface area contributed by atoms with Crippen LogP contribution in [0.2, 0.25) is 5.02 Å². The van der Waals surface area contributed by atoms with Crippen molar-refractivity contribution in [2.45, 2.75) is 11.8 Å². The Labute approximate surface area is 173 Å². The van der Waals surface area contributed by atoms with E-state index in [9.17, 15) is 0 Å². The number of nitrogens with zero attached hydrogens (tertiary/aromatic N) is 4. The van der Waals surface area contributed by atoms with Gasteiger partial charge in [0.25, 0.3) is 0 Å². The molecular formula is C22H19ClN6. The largest absolute Gasteiger partial charge is 0.384 e. The molecule has 4 rings (SSSR count). The van der Waals surface area contributed by atoms with E-state index in [0.29, 0.717) is 17.3 Å². The topological polar surface area (TPSA) is 104 Å². The number of aromatic nitrogens is 4. The second-order valence-corrected chi connectivity index (χ2v) is 7.12. The number of halogens is 1. The second-order valence-electron chi connectivity index (χ2n) is 6.68. The van der Waals surface area contributed by atoms with E-state index in [0.717, 1.165) is 22.5 Å². The molecule has 7 heteroatoms. The fraction of sp³-hybridized carbons (Fsp3) is 0.0909. The summed E-state index contributed by atoms with van der Waals surface area (Å²) in [4.78, 5) is 17.5. The van der Waals surface area contributed by atoms with Crippen LogP contribution < -0.4 is 11.5 Å². The molecule has 3 aromatic heterocycles. The van der Waals surface area contributed by atoms with Gasteiger partial charge in [0.1, 0.15) is 5.82 Å². The minimum absolute atomic E-state index is 0.222. The minimum Gasteiger partial charge on any atom is -0.384 e. The molecule has 0 saturated carbocycles. The molecule has 4 N–H and O–H groups in total. The molecule has 0 bridgehead atoms. The van der Waals surface area contributed by atoms with Crippen molar-refractivity contribution in [1.29, 1.82) is 0 Å². The quantitative estimate of drug-likeness (QED) is 0.528. The summed E-state index contributed by atoms with van der Waals surface area (Å²) < 4.78 is 0. The highest BCUT2D eigenvalue weighted by atomic mass is 35.5. The molecule has 0 saturated heterocycles. The van der Waals surface area contributed by atoms with Crippen LogP contribution >= 0.6 is 11.6 Å². The Bertz CT molecular complexity index is 1120. The zero-order chi connectivity index (χ0) is 20.3. The van der Waals surface area contributed by atoms with Crippen molar-refractivity contribution in [3.05, 3.63) is 107 Å². The molecule has 0 aliphatic heterocycles. The molecule has 29 heavy (non-hydrogen) atoms. The monoisotopic (exact) mass is 402 g/mol. The smallest absolute Gasteiger partial charge is 0.220 e. The van der Waals surface area contributed by atoms with Crippen molar-refractivity contribution >= 4 is 23.4 Å². The molecule has 1 unspecified atom stereocenters. The lowest BCUT2D eigenvalue weighted by Gasteiger charge is -2.34. The maximum absolute atomic E-state index is 6.17. The molecule has 4 aromatic rings. The Hall–Kier alpha value is -3.51. The number of hydrogen-bond acceptors (Lipinski definition) is 6. The Morgan fingerprint density at radius 2 is 1.66 bits per heavy atom. The van der Waals surface area contributed by atoms with Crippen LogP contribution in [0.5, 0.6) is 0 Å². The van der Waals surface area contributed by atoms with Gasteiger partial charge in [-0.15, -0.1) is 0 Å². The second kappa shape index (κ2) is 7.85. The van der Waals surface area contributed by atoms with Crippen molar-refractivity contribution in [2.75, 3.05) is 11.5 Å². The highest BCUT2D eigenvalue weighted by molar-refractivity contribution is 6.30. The van der Waals surface area contributed by atoms with Crippen LogP contribution in [0.4, 0.5) is 11.8 Å². The van der Waals surface area contributed by atoms with Gasteiger partial charge in [-0.3, -0.25) is 4.98 Å². The summed E-state index contributed by atoms with van der Waals surface area (Å²) in [5.74, 6) is 0.658. The van der Waals surface area contributed by atoms with E-state index in [1.807, 2.05) is 60.8 Å². The standard InChI is InChI=1S/C22H19ClN6/c23-17-8-6-15(7-9-17)22(16-3-2-11-26-14-16,19-4-1-5-20(24)29-19)13-18-10-12-27-21(25)28-18/h1-12,14H,13H2,(H2,24,29)(H2,25,27,28). The molecule has 0 spiro atoms. The van der Waals surface area contributed by atoms with E-state index in [-0.39, 0.29) is 5.95 Å². The van der Waals surface area contributed by atoms with E-state index in [1.54, 1.807) is 18.5 Å². The molecule has 0 amide bonds. The maximum atomic E-state index is 6.17. The summed E-state index contributed by atoms with van der Waals surface area (Å²) in [5.41, 5.74) is 14.7. The summed E-state index contributed by atoms with van der Waals surface area (Å²) in [5, 5.41) is 0.653. The molecule has 6 nitrogen and oxygen atoms in total. The van der Waals surface area contributed by atoms with Crippen molar-refractivity contribution in [1.82, 2.24) is 19.9 Å². The van der Waals surface area contributed by atoms with Crippen LogP contribution in [0.3, 0.4) is 0 Å². The van der Waals surface area contributed by atoms with Gasteiger partial charge >= 0.3 is 0 Å². The number of pyridine rings is 2. The van der Waals surface area contributed by atoms with Crippen LogP contribution in [0, 0.1) is 0 Å². The van der Waals surface area contributed by atoms with Crippen LogP contribution in [0.15, 0.2) is 79.3 Å². The summed E-state index contributed by atoms with van der Waals surface area (Å²) >= 11 is 6.17. The lowest BCUT2D eigenvalue weighted by molar-refractivity contribution is 0.582. The molecule has 0 radical (unpaired) electrons. The average molecular weight is 403 g/mol. The van der Waals surface area contributed by atoms with E-state index < -0.39 is 5.41 Å². The first-order valence-electron chi connectivity index (χ1n) is 9.05. The van der Waals surface area contributed by atoms with Crippen LogP contribution in [0.1, 0.15) is 22.5 Å². The lowest BCUT2D eigenvalue weighted by Crippen LogP contribution is -2.34. The molecule has 0 fully saturated rings. The van der Waals surface area contributed by atoms with Gasteiger partial charge < -0.3 is 11.5 Å². The molecule has 0 aliphatic rings. The molecular weight excluding hydrogens is 384 g/mol. The van der Waals surface area contributed by atoms with Crippen molar-refractivity contribution < 1.29 is 0 Å². The fourth-order valence-corrected chi connectivity index (χ4v) is 3.70. The SMILES string of the molecule is Nc1cccc(C(Cc2ccnc(N)n2)(c2ccc(Cl)cc2)c2cccnc2)n1. The third-order valence-corrected chi connectivity index (χ3v) is 5.13. The Kier molecular flexibility index (Phi) is 5.10. The van der Waals surface area contributed by atoms with Crippen molar-refractivity contribution in [3.63, 3.8) is 0 Å². The van der Waals surface area contributed by atoms with E-state index in [1.165, 1.54) is 0 Å². The Morgan fingerprint density at radius 3 is 2.34 bits per heavy atom. The zero-order valence-corrected chi connectivity index (χ0v) is 16.3. The van der Waals surface area contributed by atoms with Gasteiger partial charge in [0.15, 0.2) is 0 Å². The third-order valence-electron chi connectivity index (χ3n) is 4.88. The van der Waals surface area contributed by atoms with Gasteiger partial charge in [-0.2, -0.15) is 0 Å². The van der Waals surface area contributed by atoms with Gasteiger partial charge in [0.05, 0.1) is 11.1 Å². The van der Waals surface area contributed by atoms with Crippen LogP contribution in [0.25, 0.3) is 0 Å². The minimum atomic E-state index is -0.699. The normalized spacial score (nSPS) is 13.0. The number of rotatable bonds is 5. The van der Waals surface area contributed by atoms with Gasteiger partial charge in [-0.05, 0) is 47.5 Å². The zero-order valence-electron chi connectivity index (χ0n) is 15.5. The fourth-order valence-electron chi connectivity index (χ4n) is 3.58. The lowest BCUT2D eigenvalue weighted by atomic mass is 9.69. The van der Waals surface area contributed by atoms with E-state index in [4.69, 9.17) is 23.1 Å². The number of hydrogen-bond donors (Lipinski definition) is 2. The predicted molar refractivity (Wildman–Crippen MR) is 114 cm³/mol. The number of nitrogen functional groups attached to an aromatic ring is 2. The molecule has 1 aromatic carbocycles. The molecule has 3 heterocycles. The number of benzene rings is 1. The van der Waals surface area contributed by atoms with Gasteiger partial charge in [-0.25, -0.2) is 15.0 Å². The van der Waals surface area contributed by atoms with Crippen molar-refractivity contribution in [2.24, 2.45) is 0 Å². The Balaban J connectivity index is 2.02. The molecule has 1 atom stereocenters. The Morgan fingerprint density at radius 1 is 0.828 bits per heavy atom. The summed E-state index contributed by atoms with van der Waals surface area (Å²) in [6.45, 7) is 0. The van der Waals surface area contributed by atoms with Crippen LogP contribution in [-0.4, -0.2) is 19.9 Å². The van der Waals surface area contributed by atoms with Crippen molar-refractivity contribution in [3.8, 4) is 0 Å². The predicted octanol–water partition coefficient (Wildman–Crippen LogP) is 3.66. The maximum Gasteiger partial charge on any atom is 0.220 e. The summed E-state index contributed by atoms with van der Waals surface area (Å²) in [7, 11) is 0. The molecule has 0 aliphatic carbocycles. The van der Waals surface area contributed by atoms with E-state index >= 15 is 0 Å². The highest BCUT2D eigenvalue weighted by Crippen LogP contribution is 2.41. The van der Waals surface area contributed by atoms with E-state index in [2.05, 4.69) is 19.9 Å². The summed E-state index contributed by atoms with van der Waals surface area (Å²) in [6.07, 6.45) is 5.72. The highest BCUT2D eigenvalue weighted by Gasteiger charge is 2.39. The van der Waals surface area contributed by atoms with Gasteiger partial charge in [-0.1, -0.05) is 35.9 Å². The number of anilines is 2. The first kappa shape index (κ1) is 18.8. The summed E-state index contributed by atoms with van der Waals surface area (Å²) in [6, 6.07) is 19.1. The van der Waals surface area contributed by atoms with Gasteiger partial charge in [0.2, 0.25) is 5.95 Å². The van der Waals surface area contributed by atoms with Crippen LogP contribution in [-0.2, 0) is 11.8 Å². The van der Waals surface area contributed by atoms with Gasteiger partial charge in [0, 0.05) is 35.7 Å². The molecule has 144 valence electrons. The number of nitrogens with two attached hydrogens (primary N) is 2. The average Bonchev–Trinajstić information content (AvgIpc) is 2.73. The first-order valence-corrected chi connectivity index (χ1v) is 9.43. The first-order chi connectivity index (χ1) is 14.1. The third kappa shape index (κ3) is 3.75.